The van der Waals surface area contributed by atoms with Crippen LogP contribution in [0.2, 0.25) is 0 Å². The van der Waals surface area contributed by atoms with Crippen molar-refractivity contribution in [1.29, 1.82) is 0 Å². The molecule has 0 aliphatic carbocycles. The van der Waals surface area contributed by atoms with E-state index in [9.17, 15) is 9.90 Å². The summed E-state index contributed by atoms with van der Waals surface area (Å²) in [7, 11) is 0. The highest BCUT2D eigenvalue weighted by atomic mass is 16.6. The van der Waals surface area contributed by atoms with Gasteiger partial charge in [0.05, 0.1) is 6.61 Å². The fourth-order valence-corrected chi connectivity index (χ4v) is 3.90. The zero-order valence-electron chi connectivity index (χ0n) is 18.5. The minimum absolute atomic E-state index is 0.0421. The maximum Gasteiger partial charge on any atom is 0.343 e. The van der Waals surface area contributed by atoms with E-state index in [1.165, 1.54) is 51.4 Å². The fourth-order valence-electron chi connectivity index (χ4n) is 3.90. The van der Waals surface area contributed by atoms with Crippen molar-refractivity contribution in [3.05, 3.63) is 71.5 Å². The lowest BCUT2D eigenvalue weighted by molar-refractivity contribution is -0.138. The summed E-state index contributed by atoms with van der Waals surface area (Å²) in [6.07, 6.45) is 10.8. The zero-order chi connectivity index (χ0) is 21.9. The first-order valence-electron chi connectivity index (χ1n) is 11.6. The van der Waals surface area contributed by atoms with Crippen molar-refractivity contribution in [3.63, 3.8) is 0 Å². The molecule has 0 saturated heterocycles. The van der Waals surface area contributed by atoms with Gasteiger partial charge in [-0.3, -0.25) is 0 Å². The summed E-state index contributed by atoms with van der Waals surface area (Å²) in [4.78, 5) is 12.4. The van der Waals surface area contributed by atoms with Crippen molar-refractivity contribution in [2.24, 2.45) is 0 Å². The Balaban J connectivity index is 1.44. The van der Waals surface area contributed by atoms with Gasteiger partial charge in [-0.2, -0.15) is 0 Å². The van der Waals surface area contributed by atoms with Gasteiger partial charge in [-0.1, -0.05) is 101 Å². The normalized spacial score (nSPS) is 15.9. The van der Waals surface area contributed by atoms with Crippen LogP contribution in [-0.2, 0) is 9.53 Å². The maximum atomic E-state index is 12.4. The number of ether oxygens (including phenoxy) is 2. The van der Waals surface area contributed by atoms with Crippen LogP contribution in [0.25, 0.3) is 5.57 Å². The molecule has 0 saturated carbocycles. The van der Waals surface area contributed by atoms with E-state index in [1.807, 2.05) is 42.5 Å². The third-order valence-corrected chi connectivity index (χ3v) is 5.70. The van der Waals surface area contributed by atoms with E-state index in [2.05, 4.69) is 6.92 Å². The molecule has 3 rings (SSSR count). The van der Waals surface area contributed by atoms with Crippen molar-refractivity contribution in [1.82, 2.24) is 0 Å². The SMILES string of the molecule is CCCCCCCCCCCOc1ccc(C2=C(O)C(c3ccccc3)OC2=O)cc1. The minimum Gasteiger partial charge on any atom is -0.507 e. The molecule has 31 heavy (non-hydrogen) atoms. The second-order valence-corrected chi connectivity index (χ2v) is 8.16. The highest BCUT2D eigenvalue weighted by Crippen LogP contribution is 2.38. The molecule has 0 amide bonds. The van der Waals surface area contributed by atoms with E-state index in [4.69, 9.17) is 9.47 Å². The molecular weight excluding hydrogens is 388 g/mol. The zero-order valence-corrected chi connectivity index (χ0v) is 18.5. The number of carbonyl (C=O) groups excluding carboxylic acids is 1. The van der Waals surface area contributed by atoms with Gasteiger partial charge in [-0.05, 0) is 24.1 Å². The Labute approximate surface area is 185 Å². The van der Waals surface area contributed by atoms with Crippen molar-refractivity contribution in [3.8, 4) is 5.75 Å². The maximum absolute atomic E-state index is 12.4. The van der Waals surface area contributed by atoms with Crippen LogP contribution in [0.3, 0.4) is 0 Å². The molecule has 0 radical (unpaired) electrons. The van der Waals surface area contributed by atoms with E-state index in [0.29, 0.717) is 12.2 Å². The molecule has 1 atom stereocenters. The van der Waals surface area contributed by atoms with Gasteiger partial charge in [0.1, 0.15) is 11.3 Å². The van der Waals surface area contributed by atoms with E-state index < -0.39 is 12.1 Å². The molecular formula is C27H34O4. The van der Waals surface area contributed by atoms with Crippen LogP contribution in [0.4, 0.5) is 0 Å². The standard InChI is InChI=1S/C27H34O4/c1-2-3-4-5-6-7-8-9-13-20-30-23-18-16-21(17-19-23)24-25(28)26(31-27(24)29)22-14-11-10-12-15-22/h10-12,14-19,26,28H,2-9,13,20H2,1H3. The van der Waals surface area contributed by atoms with Gasteiger partial charge in [-0.15, -0.1) is 0 Å². The summed E-state index contributed by atoms with van der Waals surface area (Å²) < 4.78 is 11.2. The summed E-state index contributed by atoms with van der Waals surface area (Å²) in [6.45, 7) is 2.94. The molecule has 1 aliphatic rings. The van der Waals surface area contributed by atoms with Crippen LogP contribution in [0.1, 0.15) is 81.9 Å². The van der Waals surface area contributed by atoms with Gasteiger partial charge in [0.25, 0.3) is 0 Å². The van der Waals surface area contributed by atoms with Crippen LogP contribution in [0, 0.1) is 0 Å². The summed E-state index contributed by atoms with van der Waals surface area (Å²) in [5, 5.41) is 10.6. The van der Waals surface area contributed by atoms with Crippen LogP contribution < -0.4 is 4.74 Å². The summed E-state index contributed by atoms with van der Waals surface area (Å²) in [5.74, 6) is 0.226. The lowest BCUT2D eigenvalue weighted by atomic mass is 10.0. The lowest BCUT2D eigenvalue weighted by Gasteiger charge is -2.09. The molecule has 1 N–H and O–H groups in total. The average molecular weight is 423 g/mol. The number of carbonyl (C=O) groups is 1. The van der Waals surface area contributed by atoms with Crippen molar-refractivity contribution in [2.75, 3.05) is 6.61 Å². The molecule has 4 heteroatoms. The first-order chi connectivity index (χ1) is 15.2. The fraction of sp³-hybridized carbons (Fsp3) is 0.444. The average Bonchev–Trinajstić information content (AvgIpc) is 3.10. The van der Waals surface area contributed by atoms with E-state index in [1.54, 1.807) is 12.1 Å². The summed E-state index contributed by atoms with van der Waals surface area (Å²) >= 11 is 0. The van der Waals surface area contributed by atoms with Gasteiger partial charge >= 0.3 is 5.97 Å². The van der Waals surface area contributed by atoms with Gasteiger partial charge in [0, 0.05) is 5.56 Å². The molecule has 0 spiro atoms. The number of aliphatic hydroxyl groups is 1. The highest BCUT2D eigenvalue weighted by molar-refractivity contribution is 6.19. The number of cyclic esters (lactones) is 1. The van der Waals surface area contributed by atoms with Crippen LogP contribution in [0.15, 0.2) is 60.4 Å². The molecule has 2 aromatic carbocycles. The summed E-state index contributed by atoms with van der Waals surface area (Å²) in [5.41, 5.74) is 1.61. The predicted octanol–water partition coefficient (Wildman–Crippen LogP) is 7.16. The lowest BCUT2D eigenvalue weighted by Crippen LogP contribution is -2.03. The van der Waals surface area contributed by atoms with Gasteiger partial charge in [0.15, 0.2) is 11.9 Å². The van der Waals surface area contributed by atoms with E-state index >= 15 is 0 Å². The molecule has 1 heterocycles. The van der Waals surface area contributed by atoms with E-state index in [-0.39, 0.29) is 11.3 Å². The quantitative estimate of drug-likeness (QED) is 0.275. The number of benzene rings is 2. The van der Waals surface area contributed by atoms with Crippen LogP contribution in [0.5, 0.6) is 5.75 Å². The van der Waals surface area contributed by atoms with E-state index in [0.717, 1.165) is 17.7 Å². The molecule has 2 aromatic rings. The third kappa shape index (κ3) is 6.61. The molecule has 4 nitrogen and oxygen atoms in total. The first-order valence-corrected chi connectivity index (χ1v) is 11.6. The molecule has 1 unspecified atom stereocenters. The Morgan fingerprint density at radius 3 is 2.10 bits per heavy atom. The van der Waals surface area contributed by atoms with Crippen LogP contribution >= 0.6 is 0 Å². The van der Waals surface area contributed by atoms with Crippen molar-refractivity contribution in [2.45, 2.75) is 70.8 Å². The molecule has 0 aromatic heterocycles. The summed E-state index contributed by atoms with van der Waals surface area (Å²) in [6, 6.07) is 16.5. The number of rotatable bonds is 13. The molecule has 0 fully saturated rings. The Bertz CT molecular complexity index is 839. The highest BCUT2D eigenvalue weighted by Gasteiger charge is 2.36. The van der Waals surface area contributed by atoms with Crippen molar-refractivity contribution < 1.29 is 19.4 Å². The number of hydrogen-bond acceptors (Lipinski definition) is 4. The second-order valence-electron chi connectivity index (χ2n) is 8.16. The van der Waals surface area contributed by atoms with Gasteiger partial charge < -0.3 is 14.6 Å². The Kier molecular flexibility index (Phi) is 9.01. The van der Waals surface area contributed by atoms with Crippen LogP contribution in [-0.4, -0.2) is 17.7 Å². The van der Waals surface area contributed by atoms with Crippen molar-refractivity contribution >= 4 is 11.5 Å². The Morgan fingerprint density at radius 2 is 1.45 bits per heavy atom. The largest absolute Gasteiger partial charge is 0.507 e. The molecule has 1 aliphatic heterocycles. The number of unbranched alkanes of at least 4 members (excludes halogenated alkanes) is 8. The smallest absolute Gasteiger partial charge is 0.343 e. The predicted molar refractivity (Wildman–Crippen MR) is 124 cm³/mol. The first kappa shape index (κ1) is 22.9. The molecule has 0 bridgehead atoms. The Morgan fingerprint density at radius 1 is 0.839 bits per heavy atom. The third-order valence-electron chi connectivity index (χ3n) is 5.70. The number of hydrogen-bond donors (Lipinski definition) is 1. The Hall–Kier alpha value is -2.75. The topological polar surface area (TPSA) is 55.8 Å². The monoisotopic (exact) mass is 422 g/mol. The molecule has 166 valence electrons. The number of esters is 1. The van der Waals surface area contributed by atoms with Gasteiger partial charge in [0.2, 0.25) is 0 Å². The minimum atomic E-state index is -0.744. The second kappa shape index (κ2) is 12.2. The number of aliphatic hydroxyl groups excluding tert-OH is 1. The van der Waals surface area contributed by atoms with Gasteiger partial charge in [-0.25, -0.2) is 4.79 Å².